The molecule has 0 saturated heterocycles. The number of aryl methyl sites for hydroxylation is 1. The van der Waals surface area contributed by atoms with Crippen LogP contribution < -0.4 is 14.8 Å². The second kappa shape index (κ2) is 9.33. The molecule has 2 aromatic carbocycles. The average molecular weight is 327 g/mol. The van der Waals surface area contributed by atoms with Gasteiger partial charge < -0.3 is 14.8 Å². The summed E-state index contributed by atoms with van der Waals surface area (Å²) in [5, 5.41) is 3.50. The van der Waals surface area contributed by atoms with Crippen molar-refractivity contribution in [2.75, 3.05) is 6.61 Å². The highest BCUT2D eigenvalue weighted by Gasteiger charge is 2.08. The molecule has 0 unspecified atom stereocenters. The summed E-state index contributed by atoms with van der Waals surface area (Å²) in [6, 6.07) is 15.1. The maximum absolute atomic E-state index is 5.97. The first kappa shape index (κ1) is 18.3. The van der Waals surface area contributed by atoms with E-state index < -0.39 is 0 Å². The Balaban J connectivity index is 2.03. The SMILES string of the molecule is CCOc1cc(CN[C@@H](C)CC)ccc1OCc1ccc(C)cc1. The van der Waals surface area contributed by atoms with Gasteiger partial charge in [-0.15, -0.1) is 0 Å². The molecule has 0 spiro atoms. The standard InChI is InChI=1S/C21H29NO2/c1-5-17(4)22-14-19-11-12-20(21(13-19)23-6-2)24-15-18-9-7-16(3)8-10-18/h7-13,17,22H,5-6,14-15H2,1-4H3/t17-/m0/s1. The number of rotatable bonds is 9. The van der Waals surface area contributed by atoms with Crippen molar-refractivity contribution in [1.29, 1.82) is 0 Å². The number of hydrogen-bond donors (Lipinski definition) is 1. The minimum Gasteiger partial charge on any atom is -0.490 e. The highest BCUT2D eigenvalue weighted by molar-refractivity contribution is 5.43. The van der Waals surface area contributed by atoms with Gasteiger partial charge in [-0.3, -0.25) is 0 Å². The lowest BCUT2D eigenvalue weighted by Crippen LogP contribution is -2.24. The first-order valence-electron chi connectivity index (χ1n) is 8.79. The Morgan fingerprint density at radius 3 is 2.29 bits per heavy atom. The summed E-state index contributed by atoms with van der Waals surface area (Å²) in [5.41, 5.74) is 3.62. The van der Waals surface area contributed by atoms with Crippen LogP contribution >= 0.6 is 0 Å². The van der Waals surface area contributed by atoms with Crippen molar-refractivity contribution in [3.63, 3.8) is 0 Å². The third-order valence-corrected chi connectivity index (χ3v) is 4.09. The molecule has 0 aromatic heterocycles. The van der Waals surface area contributed by atoms with Gasteiger partial charge in [0.1, 0.15) is 6.61 Å². The van der Waals surface area contributed by atoms with Crippen molar-refractivity contribution in [3.05, 3.63) is 59.2 Å². The van der Waals surface area contributed by atoms with Crippen molar-refractivity contribution >= 4 is 0 Å². The molecule has 130 valence electrons. The fourth-order valence-electron chi connectivity index (χ4n) is 2.33. The Hall–Kier alpha value is -2.00. The van der Waals surface area contributed by atoms with Crippen LogP contribution in [0.2, 0.25) is 0 Å². The Morgan fingerprint density at radius 1 is 0.917 bits per heavy atom. The van der Waals surface area contributed by atoms with Crippen LogP contribution in [0.5, 0.6) is 11.5 Å². The molecule has 0 saturated carbocycles. The summed E-state index contributed by atoms with van der Waals surface area (Å²) in [5.74, 6) is 1.61. The van der Waals surface area contributed by atoms with Crippen molar-refractivity contribution in [2.24, 2.45) is 0 Å². The molecule has 3 heteroatoms. The molecule has 0 aliphatic heterocycles. The molecule has 0 aliphatic carbocycles. The van der Waals surface area contributed by atoms with Gasteiger partial charge in [0.2, 0.25) is 0 Å². The molecule has 1 N–H and O–H groups in total. The predicted octanol–water partition coefficient (Wildman–Crippen LogP) is 4.86. The predicted molar refractivity (Wildman–Crippen MR) is 99.7 cm³/mol. The summed E-state index contributed by atoms with van der Waals surface area (Å²) in [6.07, 6.45) is 1.12. The van der Waals surface area contributed by atoms with Gasteiger partial charge in [0.25, 0.3) is 0 Å². The monoisotopic (exact) mass is 327 g/mol. The molecule has 24 heavy (non-hydrogen) atoms. The molecule has 1 atom stereocenters. The van der Waals surface area contributed by atoms with Crippen LogP contribution in [0, 0.1) is 6.92 Å². The van der Waals surface area contributed by atoms with Crippen LogP contribution in [0.15, 0.2) is 42.5 Å². The molecular weight excluding hydrogens is 298 g/mol. The molecule has 0 fully saturated rings. The maximum atomic E-state index is 5.97. The fraction of sp³-hybridized carbons (Fsp3) is 0.429. The maximum Gasteiger partial charge on any atom is 0.161 e. The van der Waals surface area contributed by atoms with Crippen molar-refractivity contribution in [1.82, 2.24) is 5.32 Å². The van der Waals surface area contributed by atoms with Crippen molar-refractivity contribution in [2.45, 2.75) is 53.3 Å². The molecule has 3 nitrogen and oxygen atoms in total. The van der Waals surface area contributed by atoms with Crippen molar-refractivity contribution < 1.29 is 9.47 Å². The van der Waals surface area contributed by atoms with E-state index in [-0.39, 0.29) is 0 Å². The first-order chi connectivity index (χ1) is 11.6. The quantitative estimate of drug-likeness (QED) is 0.713. The molecule has 2 aromatic rings. The number of benzene rings is 2. The second-order valence-corrected chi connectivity index (χ2v) is 6.18. The van der Waals surface area contributed by atoms with Crippen molar-refractivity contribution in [3.8, 4) is 11.5 Å². The van der Waals surface area contributed by atoms with Gasteiger partial charge in [-0.1, -0.05) is 42.8 Å². The van der Waals surface area contributed by atoms with E-state index >= 15 is 0 Å². The Morgan fingerprint density at radius 2 is 1.62 bits per heavy atom. The van der Waals surface area contributed by atoms with E-state index in [2.05, 4.69) is 62.5 Å². The van der Waals surface area contributed by atoms with Crippen LogP contribution in [0.25, 0.3) is 0 Å². The molecule has 0 radical (unpaired) electrons. The van der Waals surface area contributed by atoms with Crippen LogP contribution in [-0.4, -0.2) is 12.6 Å². The Bertz CT molecular complexity index is 622. The van der Waals surface area contributed by atoms with E-state index in [1.807, 2.05) is 13.0 Å². The molecule has 2 rings (SSSR count). The van der Waals surface area contributed by atoms with E-state index in [1.54, 1.807) is 0 Å². The van der Waals surface area contributed by atoms with E-state index in [0.29, 0.717) is 19.3 Å². The largest absolute Gasteiger partial charge is 0.490 e. The summed E-state index contributed by atoms with van der Waals surface area (Å²) in [4.78, 5) is 0. The van der Waals surface area contributed by atoms with Gasteiger partial charge in [0.05, 0.1) is 6.61 Å². The smallest absolute Gasteiger partial charge is 0.161 e. The van der Waals surface area contributed by atoms with Gasteiger partial charge in [-0.25, -0.2) is 0 Å². The van der Waals surface area contributed by atoms with Gasteiger partial charge >= 0.3 is 0 Å². The van der Waals surface area contributed by atoms with E-state index in [9.17, 15) is 0 Å². The molecule has 0 aliphatic rings. The lowest BCUT2D eigenvalue weighted by atomic mass is 10.1. The zero-order valence-electron chi connectivity index (χ0n) is 15.3. The van der Waals surface area contributed by atoms with Crippen LogP contribution in [0.3, 0.4) is 0 Å². The normalized spacial score (nSPS) is 12.0. The first-order valence-corrected chi connectivity index (χ1v) is 8.79. The fourth-order valence-corrected chi connectivity index (χ4v) is 2.33. The lowest BCUT2D eigenvalue weighted by molar-refractivity contribution is 0.269. The number of nitrogens with one attached hydrogen (secondary N) is 1. The van der Waals surface area contributed by atoms with Crippen LogP contribution in [0.4, 0.5) is 0 Å². The third-order valence-electron chi connectivity index (χ3n) is 4.09. The van der Waals surface area contributed by atoms with E-state index in [1.165, 1.54) is 11.1 Å². The Kier molecular flexibility index (Phi) is 7.13. The topological polar surface area (TPSA) is 30.5 Å². The summed E-state index contributed by atoms with van der Waals surface area (Å²) < 4.78 is 11.7. The molecular formula is C21H29NO2. The highest BCUT2D eigenvalue weighted by Crippen LogP contribution is 2.29. The summed E-state index contributed by atoms with van der Waals surface area (Å²) >= 11 is 0. The van der Waals surface area contributed by atoms with Gasteiger partial charge in [-0.2, -0.15) is 0 Å². The molecule has 0 heterocycles. The molecule has 0 amide bonds. The number of ether oxygens (including phenoxy) is 2. The lowest BCUT2D eigenvalue weighted by Gasteiger charge is -2.15. The third kappa shape index (κ3) is 5.57. The zero-order valence-corrected chi connectivity index (χ0v) is 15.3. The van der Waals surface area contributed by atoms with Gasteiger partial charge in [-0.05, 0) is 50.5 Å². The zero-order chi connectivity index (χ0) is 17.4. The Labute approximate surface area is 146 Å². The number of hydrogen-bond acceptors (Lipinski definition) is 3. The summed E-state index contributed by atoms with van der Waals surface area (Å²) in [7, 11) is 0. The highest BCUT2D eigenvalue weighted by atomic mass is 16.5. The van der Waals surface area contributed by atoms with Crippen LogP contribution in [-0.2, 0) is 13.2 Å². The van der Waals surface area contributed by atoms with E-state index in [0.717, 1.165) is 30.0 Å². The minimum atomic E-state index is 0.512. The molecule has 0 bridgehead atoms. The minimum absolute atomic E-state index is 0.512. The van der Waals surface area contributed by atoms with Gasteiger partial charge in [0.15, 0.2) is 11.5 Å². The second-order valence-electron chi connectivity index (χ2n) is 6.18. The van der Waals surface area contributed by atoms with E-state index in [4.69, 9.17) is 9.47 Å². The van der Waals surface area contributed by atoms with Crippen LogP contribution in [0.1, 0.15) is 43.9 Å². The summed E-state index contributed by atoms with van der Waals surface area (Å²) in [6.45, 7) is 10.5. The average Bonchev–Trinajstić information content (AvgIpc) is 2.60. The van der Waals surface area contributed by atoms with Gasteiger partial charge in [0, 0.05) is 12.6 Å².